The molecule has 26 heavy (non-hydrogen) atoms. The predicted molar refractivity (Wildman–Crippen MR) is 99.0 cm³/mol. The van der Waals surface area contributed by atoms with Crippen molar-refractivity contribution in [1.82, 2.24) is 14.7 Å². The number of para-hydroxylation sites is 1. The second-order valence-corrected chi connectivity index (χ2v) is 7.04. The molecule has 0 saturated carbocycles. The summed E-state index contributed by atoms with van der Waals surface area (Å²) in [4.78, 5) is 25.4. The van der Waals surface area contributed by atoms with E-state index in [4.69, 9.17) is 0 Å². The first-order chi connectivity index (χ1) is 12.3. The summed E-state index contributed by atoms with van der Waals surface area (Å²) in [6, 6.07) is 9.83. The fourth-order valence-corrected chi connectivity index (χ4v) is 3.30. The van der Waals surface area contributed by atoms with Crippen LogP contribution >= 0.6 is 0 Å². The van der Waals surface area contributed by atoms with Crippen LogP contribution in [0.25, 0.3) is 11.8 Å². The molecule has 0 bridgehead atoms. The van der Waals surface area contributed by atoms with Crippen LogP contribution in [0.2, 0.25) is 0 Å². The Morgan fingerprint density at radius 2 is 1.92 bits per heavy atom. The number of carboxylic acids is 1. The summed E-state index contributed by atoms with van der Waals surface area (Å²) in [5.74, 6) is -1.02. The maximum atomic E-state index is 12.4. The van der Waals surface area contributed by atoms with Gasteiger partial charge in [0.1, 0.15) is 0 Å². The van der Waals surface area contributed by atoms with E-state index >= 15 is 0 Å². The van der Waals surface area contributed by atoms with Crippen LogP contribution in [0.1, 0.15) is 30.3 Å². The molecule has 136 valence electrons. The Balaban J connectivity index is 1.78. The number of aliphatic carboxylic acids is 1. The second-order valence-electron chi connectivity index (χ2n) is 7.04. The normalized spacial score (nSPS) is 20.0. The summed E-state index contributed by atoms with van der Waals surface area (Å²) in [5.41, 5.74) is 2.81. The summed E-state index contributed by atoms with van der Waals surface area (Å²) in [7, 11) is 0. The van der Waals surface area contributed by atoms with Gasteiger partial charge in [0.25, 0.3) is 0 Å². The van der Waals surface area contributed by atoms with E-state index in [9.17, 15) is 14.7 Å². The molecule has 2 aromatic rings. The Labute approximate surface area is 152 Å². The Bertz CT molecular complexity index is 870. The number of likely N-dealkylation sites (tertiary alicyclic amines) is 1. The quantitative estimate of drug-likeness (QED) is 0.858. The lowest BCUT2D eigenvalue weighted by atomic mass is 9.90. The third kappa shape index (κ3) is 3.27. The first-order valence-corrected chi connectivity index (χ1v) is 8.64. The maximum Gasteiger partial charge on any atom is 0.311 e. The minimum absolute atomic E-state index is 0.166. The van der Waals surface area contributed by atoms with Crippen LogP contribution < -0.4 is 0 Å². The Morgan fingerprint density at radius 1 is 1.23 bits per heavy atom. The van der Waals surface area contributed by atoms with Crippen molar-refractivity contribution in [3.8, 4) is 5.69 Å². The average Bonchev–Trinajstić information content (AvgIpc) is 3.16. The molecule has 1 aromatic carbocycles. The molecule has 1 N–H and O–H groups in total. The molecule has 0 spiro atoms. The van der Waals surface area contributed by atoms with Gasteiger partial charge in [-0.15, -0.1) is 0 Å². The minimum Gasteiger partial charge on any atom is -0.481 e. The summed E-state index contributed by atoms with van der Waals surface area (Å²) < 4.78 is 1.86. The number of aryl methyl sites for hydroxylation is 1. The number of nitrogens with zero attached hydrogens (tertiary/aromatic N) is 3. The molecule has 1 aliphatic rings. The average molecular weight is 353 g/mol. The zero-order valence-corrected chi connectivity index (χ0v) is 15.3. The topological polar surface area (TPSA) is 75.4 Å². The van der Waals surface area contributed by atoms with Gasteiger partial charge in [-0.05, 0) is 45.4 Å². The molecule has 1 atom stereocenters. The third-order valence-electron chi connectivity index (χ3n) is 5.04. The first-order valence-electron chi connectivity index (χ1n) is 8.64. The fourth-order valence-electron chi connectivity index (χ4n) is 3.30. The van der Waals surface area contributed by atoms with Crippen molar-refractivity contribution < 1.29 is 14.7 Å². The summed E-state index contributed by atoms with van der Waals surface area (Å²) >= 11 is 0. The van der Waals surface area contributed by atoms with Crippen molar-refractivity contribution in [3.63, 3.8) is 0 Å². The van der Waals surface area contributed by atoms with E-state index < -0.39 is 11.4 Å². The Hall–Kier alpha value is -2.89. The molecule has 6 nitrogen and oxygen atoms in total. The van der Waals surface area contributed by atoms with Gasteiger partial charge in [-0.1, -0.05) is 18.2 Å². The predicted octanol–water partition coefficient (Wildman–Crippen LogP) is 2.83. The molecule has 1 amide bonds. The van der Waals surface area contributed by atoms with Crippen LogP contribution in [0.4, 0.5) is 0 Å². The highest BCUT2D eigenvalue weighted by Crippen LogP contribution is 2.30. The van der Waals surface area contributed by atoms with Crippen LogP contribution in [0, 0.1) is 19.3 Å². The van der Waals surface area contributed by atoms with E-state index in [-0.39, 0.29) is 12.5 Å². The molecule has 1 unspecified atom stereocenters. The number of rotatable bonds is 4. The lowest BCUT2D eigenvalue weighted by molar-refractivity contribution is -0.147. The number of aromatic nitrogens is 2. The molecule has 1 aromatic heterocycles. The van der Waals surface area contributed by atoms with Crippen LogP contribution in [-0.2, 0) is 9.59 Å². The summed E-state index contributed by atoms with van der Waals surface area (Å²) in [6.07, 6.45) is 3.77. The van der Waals surface area contributed by atoms with Crippen LogP contribution in [-0.4, -0.2) is 44.8 Å². The lowest BCUT2D eigenvalue weighted by Crippen LogP contribution is -2.34. The number of carboxylic acid groups (broad SMARTS) is 1. The number of carbonyl (C=O) groups is 2. The first kappa shape index (κ1) is 17.9. The summed E-state index contributed by atoms with van der Waals surface area (Å²) in [6.45, 7) is 6.27. The molecular formula is C20H23N3O3. The van der Waals surface area contributed by atoms with Gasteiger partial charge in [0, 0.05) is 30.4 Å². The molecule has 0 radical (unpaired) electrons. The van der Waals surface area contributed by atoms with Crippen molar-refractivity contribution in [2.24, 2.45) is 5.41 Å². The van der Waals surface area contributed by atoms with Gasteiger partial charge in [-0.2, -0.15) is 5.10 Å². The van der Waals surface area contributed by atoms with E-state index in [1.165, 1.54) is 6.08 Å². The van der Waals surface area contributed by atoms with Crippen molar-refractivity contribution in [2.75, 3.05) is 13.1 Å². The van der Waals surface area contributed by atoms with Crippen molar-refractivity contribution in [1.29, 1.82) is 0 Å². The second kappa shape index (κ2) is 6.78. The highest BCUT2D eigenvalue weighted by atomic mass is 16.4. The molecule has 3 rings (SSSR count). The highest BCUT2D eigenvalue weighted by Gasteiger charge is 2.41. The van der Waals surface area contributed by atoms with Crippen LogP contribution in [0.5, 0.6) is 0 Å². The van der Waals surface area contributed by atoms with E-state index in [2.05, 4.69) is 5.10 Å². The number of hydrogen-bond donors (Lipinski definition) is 1. The molecule has 0 aliphatic carbocycles. The molecular weight excluding hydrogens is 330 g/mol. The van der Waals surface area contributed by atoms with E-state index in [1.54, 1.807) is 17.9 Å². The number of benzene rings is 1. The van der Waals surface area contributed by atoms with Crippen LogP contribution in [0.15, 0.2) is 36.4 Å². The third-order valence-corrected chi connectivity index (χ3v) is 5.04. The van der Waals surface area contributed by atoms with Gasteiger partial charge < -0.3 is 10.0 Å². The zero-order valence-electron chi connectivity index (χ0n) is 15.3. The Morgan fingerprint density at radius 3 is 2.54 bits per heavy atom. The van der Waals surface area contributed by atoms with Crippen LogP contribution in [0.3, 0.4) is 0 Å². The minimum atomic E-state index is -0.854. The van der Waals surface area contributed by atoms with Crippen molar-refractivity contribution in [2.45, 2.75) is 27.2 Å². The number of amides is 1. The van der Waals surface area contributed by atoms with Gasteiger partial charge in [0.2, 0.25) is 5.91 Å². The number of hydrogen-bond acceptors (Lipinski definition) is 3. The smallest absolute Gasteiger partial charge is 0.311 e. The van der Waals surface area contributed by atoms with E-state index in [0.29, 0.717) is 13.0 Å². The van der Waals surface area contributed by atoms with E-state index in [0.717, 1.165) is 22.6 Å². The molecule has 1 aliphatic heterocycles. The van der Waals surface area contributed by atoms with Gasteiger partial charge in [0.15, 0.2) is 0 Å². The van der Waals surface area contributed by atoms with Gasteiger partial charge in [0.05, 0.1) is 16.8 Å². The number of carbonyl (C=O) groups excluding carboxylic acids is 1. The zero-order chi connectivity index (χ0) is 18.9. The van der Waals surface area contributed by atoms with Crippen molar-refractivity contribution >= 4 is 18.0 Å². The van der Waals surface area contributed by atoms with Crippen molar-refractivity contribution in [3.05, 3.63) is 53.4 Å². The Kier molecular flexibility index (Phi) is 4.68. The van der Waals surface area contributed by atoms with Gasteiger partial charge in [-0.25, -0.2) is 4.68 Å². The van der Waals surface area contributed by atoms with Gasteiger partial charge >= 0.3 is 5.97 Å². The summed E-state index contributed by atoms with van der Waals surface area (Å²) in [5, 5.41) is 13.9. The molecule has 1 fully saturated rings. The highest BCUT2D eigenvalue weighted by molar-refractivity contribution is 5.93. The standard InChI is InChI=1S/C20H23N3O3/c1-14-17(15(2)23(21-14)16-7-5-4-6-8-16)9-10-18(24)22-12-11-20(3,13-22)19(25)26/h4-10H,11-13H2,1-3H3,(H,25,26)/b10-9+. The fraction of sp³-hybridized carbons (Fsp3) is 0.350. The SMILES string of the molecule is Cc1nn(-c2ccccc2)c(C)c1/C=C/C(=O)N1CCC(C)(C(=O)O)C1. The molecule has 6 heteroatoms. The van der Waals surface area contributed by atoms with Gasteiger partial charge in [-0.3, -0.25) is 9.59 Å². The molecule has 1 saturated heterocycles. The monoisotopic (exact) mass is 353 g/mol. The molecule has 2 heterocycles. The van der Waals surface area contributed by atoms with E-state index in [1.807, 2.05) is 48.9 Å². The maximum absolute atomic E-state index is 12.4. The lowest BCUT2D eigenvalue weighted by Gasteiger charge is -2.18. The largest absolute Gasteiger partial charge is 0.481 e.